The van der Waals surface area contributed by atoms with E-state index in [1.165, 1.54) is 16.3 Å². The first kappa shape index (κ1) is 38.8. The Morgan fingerprint density at radius 3 is 1.42 bits per heavy atom. The molecule has 0 bridgehead atoms. The molecule has 0 amide bonds. The molecule has 0 unspecified atom stereocenters. The Morgan fingerprint density at radius 2 is 0.725 bits per heavy atom. The number of aromatic nitrogens is 6. The predicted octanol–water partition coefficient (Wildman–Crippen LogP) is 15.8. The van der Waals surface area contributed by atoms with Gasteiger partial charge < -0.3 is 9.13 Å². The van der Waals surface area contributed by atoms with Crippen molar-refractivity contribution in [3.05, 3.63) is 243 Å². The average molecular weight is 881 g/mol. The van der Waals surface area contributed by atoms with E-state index < -0.39 is 0 Å². The van der Waals surface area contributed by atoms with E-state index in [9.17, 15) is 0 Å². The van der Waals surface area contributed by atoms with E-state index in [2.05, 4.69) is 232 Å². The van der Waals surface area contributed by atoms with Crippen molar-refractivity contribution >= 4 is 65.5 Å². The first-order chi connectivity index (χ1) is 34.2. The second-order valence-electron chi connectivity index (χ2n) is 17.7. The van der Waals surface area contributed by atoms with Crippen LogP contribution in [0.2, 0.25) is 0 Å². The summed E-state index contributed by atoms with van der Waals surface area (Å²) in [6.45, 7) is 0. The van der Waals surface area contributed by atoms with Gasteiger partial charge in [0.2, 0.25) is 5.95 Å². The summed E-state index contributed by atoms with van der Waals surface area (Å²) in [4.78, 5) is 15.4. The maximum absolute atomic E-state index is 5.25. The van der Waals surface area contributed by atoms with Crippen LogP contribution >= 0.6 is 0 Å². The van der Waals surface area contributed by atoms with Crippen LogP contribution < -0.4 is 0 Å². The highest BCUT2D eigenvalue weighted by atomic mass is 15.2. The number of pyridine rings is 1. The van der Waals surface area contributed by atoms with Crippen molar-refractivity contribution in [2.45, 2.75) is 0 Å². The minimum Gasteiger partial charge on any atom is -0.309 e. The maximum atomic E-state index is 5.25. The molecule has 9 aromatic carbocycles. The Hall–Kier alpha value is -9.39. The lowest BCUT2D eigenvalue weighted by Crippen LogP contribution is -2.03. The molecule has 5 heterocycles. The van der Waals surface area contributed by atoms with E-state index in [0.717, 1.165) is 105 Å². The lowest BCUT2D eigenvalue weighted by molar-refractivity contribution is 0.995. The van der Waals surface area contributed by atoms with Crippen molar-refractivity contribution in [3.8, 4) is 62.1 Å². The van der Waals surface area contributed by atoms with Crippen molar-refractivity contribution in [1.29, 1.82) is 0 Å². The van der Waals surface area contributed by atoms with Crippen molar-refractivity contribution in [2.24, 2.45) is 0 Å². The zero-order valence-electron chi connectivity index (χ0n) is 37.3. The van der Waals surface area contributed by atoms with Crippen LogP contribution in [-0.4, -0.2) is 28.7 Å². The van der Waals surface area contributed by atoms with Gasteiger partial charge in [0.15, 0.2) is 0 Å². The maximum Gasteiger partial charge on any atom is 0.235 e. The van der Waals surface area contributed by atoms with Gasteiger partial charge in [0.05, 0.1) is 50.0 Å². The Labute approximate surface area is 397 Å². The lowest BCUT2D eigenvalue weighted by atomic mass is 10.0. The monoisotopic (exact) mass is 880 g/mol. The Bertz CT molecular complexity index is 4220. The minimum atomic E-state index is 0.638. The van der Waals surface area contributed by atoms with E-state index in [4.69, 9.17) is 15.0 Å². The smallest absolute Gasteiger partial charge is 0.235 e. The highest BCUT2D eigenvalue weighted by Gasteiger charge is 2.20. The molecule has 0 aliphatic carbocycles. The fourth-order valence-electron chi connectivity index (χ4n) is 10.5. The molecule has 0 spiro atoms. The third-order valence-electron chi connectivity index (χ3n) is 13.7. The quantitative estimate of drug-likeness (QED) is 0.160. The molecule has 0 saturated heterocycles. The van der Waals surface area contributed by atoms with Gasteiger partial charge in [0, 0.05) is 55.6 Å². The standard InChI is InChI=1S/C63H40N6/c1-4-15-42(16-5-1)54-40-55(43-17-6-2-7-18-43)66-63(65-54)69-57-24-13-11-22-50(57)52-37-45(30-34-58(52)69)46-28-33-51-49-21-10-12-23-56(49)68(61(51)39-46)48-31-26-41(27-32-48)44-29-35-59-53(38-44)62-60(25-14-36-64-62)67(59)47-19-8-3-9-20-47/h1-40H. The summed E-state index contributed by atoms with van der Waals surface area (Å²) in [5, 5.41) is 5.87. The zero-order valence-corrected chi connectivity index (χ0v) is 37.3. The van der Waals surface area contributed by atoms with Crippen LogP contribution in [0.25, 0.3) is 128 Å². The van der Waals surface area contributed by atoms with Crippen LogP contribution in [0.1, 0.15) is 0 Å². The number of para-hydroxylation sites is 3. The highest BCUT2D eigenvalue weighted by molar-refractivity contribution is 6.13. The molecule has 14 aromatic rings. The van der Waals surface area contributed by atoms with Gasteiger partial charge in [0.25, 0.3) is 0 Å². The fourth-order valence-corrected chi connectivity index (χ4v) is 10.5. The van der Waals surface area contributed by atoms with E-state index in [0.29, 0.717) is 5.95 Å². The van der Waals surface area contributed by atoms with E-state index in [-0.39, 0.29) is 0 Å². The van der Waals surface area contributed by atoms with Crippen LogP contribution in [0.5, 0.6) is 0 Å². The SMILES string of the molecule is c1ccc(-c2cc(-c3ccccc3)nc(-n3c4ccccc4c4cc(-c5ccc6c7ccccc7n(-c7ccc(-c8ccc9c(c8)c8ncccc8n9-c8ccccc8)cc7)c6c5)ccc43)n2)cc1. The molecule has 5 aromatic heterocycles. The molecule has 0 atom stereocenters. The molecular weight excluding hydrogens is 841 g/mol. The van der Waals surface area contributed by atoms with Gasteiger partial charge in [-0.05, 0) is 107 Å². The Kier molecular flexibility index (Phi) is 8.79. The summed E-state index contributed by atoms with van der Waals surface area (Å²) in [5.41, 5.74) is 18.3. The zero-order chi connectivity index (χ0) is 45.4. The van der Waals surface area contributed by atoms with Gasteiger partial charge in [-0.15, -0.1) is 0 Å². The number of fused-ring (bicyclic) bond motifs is 9. The molecule has 0 saturated carbocycles. The topological polar surface area (TPSA) is 53.5 Å². The van der Waals surface area contributed by atoms with Gasteiger partial charge in [-0.1, -0.05) is 152 Å². The van der Waals surface area contributed by atoms with E-state index in [1.54, 1.807) is 0 Å². The molecule has 6 heteroatoms. The average Bonchev–Trinajstić information content (AvgIpc) is 4.06. The fraction of sp³-hybridized carbons (Fsp3) is 0. The molecule has 14 rings (SSSR count). The summed E-state index contributed by atoms with van der Waals surface area (Å²) < 4.78 is 6.93. The van der Waals surface area contributed by atoms with Gasteiger partial charge in [-0.2, -0.15) is 0 Å². The largest absolute Gasteiger partial charge is 0.309 e. The second-order valence-corrected chi connectivity index (χ2v) is 17.7. The van der Waals surface area contributed by atoms with Gasteiger partial charge in [0.1, 0.15) is 0 Å². The van der Waals surface area contributed by atoms with Crippen LogP contribution in [0.4, 0.5) is 0 Å². The number of benzene rings is 9. The summed E-state index contributed by atoms with van der Waals surface area (Å²) in [6, 6.07) is 84.3. The second kappa shape index (κ2) is 15.6. The number of hydrogen-bond donors (Lipinski definition) is 0. The van der Waals surface area contributed by atoms with Crippen molar-refractivity contribution in [2.75, 3.05) is 0 Å². The Morgan fingerprint density at radius 1 is 0.261 bits per heavy atom. The van der Waals surface area contributed by atoms with Crippen LogP contribution in [0, 0.1) is 0 Å². The first-order valence-corrected chi connectivity index (χ1v) is 23.3. The van der Waals surface area contributed by atoms with Crippen molar-refractivity contribution in [3.63, 3.8) is 0 Å². The first-order valence-electron chi connectivity index (χ1n) is 23.3. The third-order valence-corrected chi connectivity index (χ3v) is 13.7. The summed E-state index contributed by atoms with van der Waals surface area (Å²) >= 11 is 0. The highest BCUT2D eigenvalue weighted by Crippen LogP contribution is 2.40. The number of hydrogen-bond acceptors (Lipinski definition) is 3. The molecule has 0 radical (unpaired) electrons. The van der Waals surface area contributed by atoms with E-state index in [1.807, 2.05) is 24.4 Å². The van der Waals surface area contributed by atoms with Crippen LogP contribution in [0.3, 0.4) is 0 Å². The molecule has 0 aliphatic heterocycles. The molecule has 0 aliphatic rings. The summed E-state index contributed by atoms with van der Waals surface area (Å²) in [7, 11) is 0. The van der Waals surface area contributed by atoms with E-state index >= 15 is 0 Å². The normalized spacial score (nSPS) is 11.8. The van der Waals surface area contributed by atoms with Gasteiger partial charge in [-0.3, -0.25) is 9.55 Å². The van der Waals surface area contributed by atoms with Crippen molar-refractivity contribution in [1.82, 2.24) is 28.7 Å². The Balaban J connectivity index is 0.877. The lowest BCUT2D eigenvalue weighted by Gasteiger charge is -2.12. The molecule has 6 nitrogen and oxygen atoms in total. The van der Waals surface area contributed by atoms with Crippen LogP contribution in [0.15, 0.2) is 243 Å². The molecule has 0 fully saturated rings. The van der Waals surface area contributed by atoms with Gasteiger partial charge >= 0.3 is 0 Å². The number of rotatable bonds is 7. The molecule has 69 heavy (non-hydrogen) atoms. The molecular formula is C63H40N6. The molecule has 322 valence electrons. The summed E-state index contributed by atoms with van der Waals surface area (Å²) in [6.07, 6.45) is 1.89. The minimum absolute atomic E-state index is 0.638. The van der Waals surface area contributed by atoms with Gasteiger partial charge in [-0.25, -0.2) is 9.97 Å². The van der Waals surface area contributed by atoms with Crippen LogP contribution in [-0.2, 0) is 0 Å². The predicted molar refractivity (Wildman–Crippen MR) is 285 cm³/mol. The number of nitrogens with zero attached hydrogens (tertiary/aromatic N) is 6. The summed E-state index contributed by atoms with van der Waals surface area (Å²) in [5.74, 6) is 0.638. The third kappa shape index (κ3) is 6.30. The van der Waals surface area contributed by atoms with Crippen molar-refractivity contribution < 1.29 is 0 Å². The molecule has 0 N–H and O–H groups in total.